The van der Waals surface area contributed by atoms with Crippen LogP contribution in [0.1, 0.15) is 48.0 Å². The van der Waals surface area contributed by atoms with Crippen LogP contribution in [0.25, 0.3) is 0 Å². The highest BCUT2D eigenvalue weighted by Gasteiger charge is 2.38. The molecule has 2 atom stereocenters. The van der Waals surface area contributed by atoms with Gasteiger partial charge in [-0.15, -0.1) is 0 Å². The Morgan fingerprint density at radius 1 is 1.14 bits per heavy atom. The molecule has 0 radical (unpaired) electrons. The number of rotatable bonds is 1. The van der Waals surface area contributed by atoms with Crippen molar-refractivity contribution in [3.05, 3.63) is 0 Å². The topological polar surface area (TPSA) is 15.3 Å². The monoisotopic (exact) mass is 200 g/mol. The van der Waals surface area contributed by atoms with Gasteiger partial charge in [-0.25, -0.2) is 0 Å². The summed E-state index contributed by atoms with van der Waals surface area (Å²) < 4.78 is 0. The molecule has 0 saturated carbocycles. The summed E-state index contributed by atoms with van der Waals surface area (Å²) in [6.07, 6.45) is 1.39. The molecule has 0 spiro atoms. The van der Waals surface area contributed by atoms with Gasteiger partial charge in [0.25, 0.3) is 0 Å². The van der Waals surface area contributed by atoms with Crippen LogP contribution in [-0.2, 0) is 0 Å². The van der Waals surface area contributed by atoms with E-state index in [2.05, 4.69) is 24.1 Å². The van der Waals surface area contributed by atoms with Gasteiger partial charge in [0.05, 0.1) is 0 Å². The van der Waals surface area contributed by atoms with Crippen LogP contribution in [0, 0.1) is 0 Å². The maximum Gasteiger partial charge on any atom is 0.0239 e. The summed E-state index contributed by atoms with van der Waals surface area (Å²) in [4.78, 5) is 2.61. The highest BCUT2D eigenvalue weighted by molar-refractivity contribution is 4.98. The summed E-state index contributed by atoms with van der Waals surface area (Å²) in [5, 5.41) is 3.50. The van der Waals surface area contributed by atoms with Gasteiger partial charge in [0.1, 0.15) is 0 Å². The van der Waals surface area contributed by atoms with Gasteiger partial charge in [-0.3, -0.25) is 4.90 Å². The smallest absolute Gasteiger partial charge is 0.0239 e. The van der Waals surface area contributed by atoms with E-state index in [1.807, 2.05) is 27.7 Å². The summed E-state index contributed by atoms with van der Waals surface area (Å²) in [7, 11) is 0. The number of likely N-dealkylation sites (tertiary alicyclic amines) is 1. The normalized spacial score (nSPS) is 29.4. The van der Waals surface area contributed by atoms with Crippen molar-refractivity contribution >= 4 is 0 Å². The predicted molar refractivity (Wildman–Crippen MR) is 64.7 cm³/mol. The molecule has 2 aliphatic rings. The Balaban J connectivity index is 0.000000379. The van der Waals surface area contributed by atoms with Crippen molar-refractivity contribution < 1.29 is 0 Å². The molecule has 0 aromatic rings. The second kappa shape index (κ2) is 7.24. The van der Waals surface area contributed by atoms with E-state index in [-0.39, 0.29) is 0 Å². The van der Waals surface area contributed by atoms with E-state index >= 15 is 0 Å². The zero-order chi connectivity index (χ0) is 11.1. The van der Waals surface area contributed by atoms with Gasteiger partial charge < -0.3 is 5.32 Å². The van der Waals surface area contributed by atoms with E-state index in [1.54, 1.807) is 0 Å². The number of fused-ring (bicyclic) bond motifs is 2. The SMILES string of the molecule is CC.CC.CC(C)N1CC2CC1CN2. The Bertz CT molecular complexity index is 134. The van der Waals surface area contributed by atoms with Gasteiger partial charge in [-0.2, -0.15) is 0 Å². The lowest BCUT2D eigenvalue weighted by molar-refractivity contribution is 0.181. The van der Waals surface area contributed by atoms with Crippen LogP contribution in [0.5, 0.6) is 0 Å². The van der Waals surface area contributed by atoms with Gasteiger partial charge in [0.2, 0.25) is 0 Å². The molecule has 2 saturated heterocycles. The van der Waals surface area contributed by atoms with Crippen LogP contribution in [0.3, 0.4) is 0 Å². The van der Waals surface area contributed by atoms with Gasteiger partial charge in [0.15, 0.2) is 0 Å². The number of hydrogen-bond acceptors (Lipinski definition) is 2. The van der Waals surface area contributed by atoms with Crippen LogP contribution >= 0.6 is 0 Å². The van der Waals surface area contributed by atoms with E-state index in [4.69, 9.17) is 0 Å². The van der Waals surface area contributed by atoms with Crippen LogP contribution in [0.4, 0.5) is 0 Å². The first-order chi connectivity index (χ1) is 6.77. The maximum absolute atomic E-state index is 3.50. The Morgan fingerprint density at radius 2 is 1.71 bits per heavy atom. The van der Waals surface area contributed by atoms with Gasteiger partial charge in [-0.05, 0) is 20.3 Å². The molecule has 14 heavy (non-hydrogen) atoms. The van der Waals surface area contributed by atoms with Gasteiger partial charge >= 0.3 is 0 Å². The largest absolute Gasteiger partial charge is 0.311 e. The quantitative estimate of drug-likeness (QED) is 0.699. The average molecular weight is 200 g/mol. The summed E-state index contributed by atoms with van der Waals surface area (Å²) in [6, 6.07) is 2.41. The zero-order valence-corrected chi connectivity index (χ0v) is 10.8. The minimum Gasteiger partial charge on any atom is -0.311 e. The molecular formula is C12H28N2. The number of nitrogens with one attached hydrogen (secondary N) is 1. The molecular weight excluding hydrogens is 172 g/mol. The first-order valence-electron chi connectivity index (χ1n) is 6.26. The van der Waals surface area contributed by atoms with Crippen LogP contribution in [0.15, 0.2) is 0 Å². The predicted octanol–water partition coefficient (Wildman–Crippen LogP) is 2.49. The van der Waals surface area contributed by atoms with Crippen LogP contribution in [0.2, 0.25) is 0 Å². The van der Waals surface area contributed by atoms with Crippen molar-refractivity contribution in [2.24, 2.45) is 0 Å². The van der Waals surface area contributed by atoms with Crippen molar-refractivity contribution in [1.29, 1.82) is 0 Å². The van der Waals surface area contributed by atoms with E-state index in [0.717, 1.165) is 18.1 Å². The number of piperazine rings is 1. The molecule has 2 bridgehead atoms. The fourth-order valence-corrected chi connectivity index (χ4v) is 2.23. The van der Waals surface area contributed by atoms with Gasteiger partial charge in [-0.1, -0.05) is 27.7 Å². The molecule has 2 unspecified atom stereocenters. The molecule has 2 nitrogen and oxygen atoms in total. The molecule has 2 rings (SSSR count). The molecule has 0 aromatic heterocycles. The van der Waals surface area contributed by atoms with E-state index in [9.17, 15) is 0 Å². The molecule has 1 N–H and O–H groups in total. The third-order valence-corrected chi connectivity index (χ3v) is 2.76. The highest BCUT2D eigenvalue weighted by Crippen LogP contribution is 2.24. The molecule has 2 fully saturated rings. The zero-order valence-electron chi connectivity index (χ0n) is 10.8. The molecule has 0 aromatic carbocycles. The second-order valence-corrected chi connectivity index (χ2v) is 3.79. The minimum atomic E-state index is 0.747. The van der Waals surface area contributed by atoms with Crippen molar-refractivity contribution in [3.63, 3.8) is 0 Å². The first kappa shape index (κ1) is 13.9. The lowest BCUT2D eigenvalue weighted by atomic mass is 10.2. The van der Waals surface area contributed by atoms with Crippen molar-refractivity contribution in [1.82, 2.24) is 10.2 Å². The number of nitrogens with zero attached hydrogens (tertiary/aromatic N) is 1. The lowest BCUT2D eigenvalue weighted by Gasteiger charge is -2.30. The average Bonchev–Trinajstić information content (AvgIpc) is 2.85. The third kappa shape index (κ3) is 3.25. The Morgan fingerprint density at radius 3 is 1.93 bits per heavy atom. The van der Waals surface area contributed by atoms with E-state index < -0.39 is 0 Å². The summed E-state index contributed by atoms with van der Waals surface area (Å²) in [5.74, 6) is 0. The maximum atomic E-state index is 3.50. The van der Waals surface area contributed by atoms with E-state index in [1.165, 1.54) is 19.5 Å². The molecule has 2 aliphatic heterocycles. The third-order valence-electron chi connectivity index (χ3n) is 2.76. The Kier molecular flexibility index (Phi) is 7.20. The summed E-state index contributed by atoms with van der Waals surface area (Å²) in [6.45, 7) is 15.1. The molecule has 2 heteroatoms. The molecule has 0 aliphatic carbocycles. The summed E-state index contributed by atoms with van der Waals surface area (Å²) in [5.41, 5.74) is 0. The number of hydrogen-bond donors (Lipinski definition) is 1. The van der Waals surface area contributed by atoms with E-state index in [0.29, 0.717) is 0 Å². The molecule has 86 valence electrons. The minimum absolute atomic E-state index is 0.747. The fourth-order valence-electron chi connectivity index (χ4n) is 2.23. The van der Waals surface area contributed by atoms with Crippen molar-refractivity contribution in [2.45, 2.75) is 66.1 Å². The Hall–Kier alpha value is -0.0800. The molecule has 2 heterocycles. The highest BCUT2D eigenvalue weighted by atomic mass is 15.3. The van der Waals surface area contributed by atoms with Crippen LogP contribution in [-0.4, -0.2) is 36.1 Å². The first-order valence-corrected chi connectivity index (χ1v) is 6.26. The summed E-state index contributed by atoms with van der Waals surface area (Å²) >= 11 is 0. The lowest BCUT2D eigenvalue weighted by Crippen LogP contribution is -2.46. The van der Waals surface area contributed by atoms with Crippen molar-refractivity contribution in [2.75, 3.05) is 13.1 Å². The molecule has 0 amide bonds. The van der Waals surface area contributed by atoms with Crippen molar-refractivity contribution in [3.8, 4) is 0 Å². The standard InChI is InChI=1S/C8H16N2.2C2H6/c1-6(2)10-5-7-3-8(10)4-9-7;2*1-2/h6-9H,3-5H2,1-2H3;2*1-2H3. The van der Waals surface area contributed by atoms with Crippen LogP contribution < -0.4 is 5.32 Å². The second-order valence-electron chi connectivity index (χ2n) is 3.79. The van der Waals surface area contributed by atoms with Gasteiger partial charge in [0, 0.05) is 31.2 Å². The fraction of sp³-hybridized carbons (Fsp3) is 1.00. The Labute approximate surface area is 90.1 Å².